The van der Waals surface area contributed by atoms with Crippen LogP contribution in [0.5, 0.6) is 0 Å². The topological polar surface area (TPSA) is 46.5 Å². The van der Waals surface area contributed by atoms with Crippen molar-refractivity contribution in [1.29, 1.82) is 0 Å². The average molecular weight is 120 g/mol. The SMILES string of the molecule is O=C(O)OC=CCF. The van der Waals surface area contributed by atoms with Crippen LogP contribution in [-0.4, -0.2) is 17.9 Å². The fraction of sp³-hybridized carbons (Fsp3) is 0.250. The molecule has 0 spiro atoms. The van der Waals surface area contributed by atoms with Gasteiger partial charge in [0.15, 0.2) is 0 Å². The largest absolute Gasteiger partial charge is 0.510 e. The smallest absolute Gasteiger partial charge is 0.449 e. The van der Waals surface area contributed by atoms with E-state index in [9.17, 15) is 9.18 Å². The molecule has 0 radical (unpaired) electrons. The van der Waals surface area contributed by atoms with Crippen molar-refractivity contribution in [2.75, 3.05) is 6.67 Å². The van der Waals surface area contributed by atoms with Gasteiger partial charge in [0.05, 0.1) is 6.26 Å². The Balaban J connectivity index is 3.16. The Morgan fingerprint density at radius 3 is 2.88 bits per heavy atom. The highest BCUT2D eigenvalue weighted by molar-refractivity contribution is 5.57. The molecule has 0 aromatic rings. The summed E-state index contributed by atoms with van der Waals surface area (Å²) in [7, 11) is 0. The van der Waals surface area contributed by atoms with Gasteiger partial charge in [0.1, 0.15) is 6.67 Å². The number of halogens is 1. The lowest BCUT2D eigenvalue weighted by molar-refractivity contribution is 0.128. The van der Waals surface area contributed by atoms with Crippen molar-refractivity contribution < 1.29 is 19.0 Å². The number of carbonyl (C=O) groups is 1. The van der Waals surface area contributed by atoms with Crippen LogP contribution < -0.4 is 0 Å². The van der Waals surface area contributed by atoms with Gasteiger partial charge in [-0.3, -0.25) is 0 Å². The van der Waals surface area contributed by atoms with Crippen LogP contribution in [0.4, 0.5) is 9.18 Å². The molecule has 0 rings (SSSR count). The van der Waals surface area contributed by atoms with Gasteiger partial charge < -0.3 is 9.84 Å². The zero-order chi connectivity index (χ0) is 6.41. The minimum atomic E-state index is -1.44. The lowest BCUT2D eigenvalue weighted by Crippen LogP contribution is -1.91. The number of hydrogen-bond acceptors (Lipinski definition) is 2. The Kier molecular flexibility index (Phi) is 3.56. The van der Waals surface area contributed by atoms with Gasteiger partial charge in [0.25, 0.3) is 0 Å². The van der Waals surface area contributed by atoms with E-state index in [0.717, 1.165) is 12.3 Å². The number of hydrogen-bond donors (Lipinski definition) is 1. The van der Waals surface area contributed by atoms with Crippen LogP contribution in [0.1, 0.15) is 0 Å². The van der Waals surface area contributed by atoms with Gasteiger partial charge in [-0.15, -0.1) is 0 Å². The molecule has 0 aliphatic carbocycles. The quantitative estimate of drug-likeness (QED) is 0.439. The van der Waals surface area contributed by atoms with Crippen molar-refractivity contribution in [1.82, 2.24) is 0 Å². The zero-order valence-corrected chi connectivity index (χ0v) is 4.00. The molecule has 0 saturated carbocycles. The third kappa shape index (κ3) is 4.94. The molecule has 0 aromatic carbocycles. The van der Waals surface area contributed by atoms with Gasteiger partial charge in [-0.2, -0.15) is 0 Å². The molecule has 8 heavy (non-hydrogen) atoms. The van der Waals surface area contributed by atoms with Crippen molar-refractivity contribution in [3.05, 3.63) is 12.3 Å². The van der Waals surface area contributed by atoms with Gasteiger partial charge in [0.2, 0.25) is 0 Å². The predicted molar refractivity (Wildman–Crippen MR) is 24.2 cm³/mol. The van der Waals surface area contributed by atoms with Gasteiger partial charge >= 0.3 is 6.16 Å². The Labute approximate surface area is 45.4 Å². The van der Waals surface area contributed by atoms with Crippen molar-refractivity contribution in [3.63, 3.8) is 0 Å². The summed E-state index contributed by atoms with van der Waals surface area (Å²) >= 11 is 0. The summed E-state index contributed by atoms with van der Waals surface area (Å²) in [5.41, 5.74) is 0. The highest BCUT2D eigenvalue weighted by atomic mass is 19.1. The molecule has 0 unspecified atom stereocenters. The third-order valence-corrected chi connectivity index (χ3v) is 0.354. The molecule has 0 amide bonds. The lowest BCUT2D eigenvalue weighted by atomic mass is 10.7. The summed E-state index contributed by atoms with van der Waals surface area (Å²) in [5, 5.41) is 7.74. The molecule has 4 heteroatoms. The van der Waals surface area contributed by atoms with Gasteiger partial charge in [-0.05, 0) is 6.08 Å². The molecule has 0 atom stereocenters. The third-order valence-electron chi connectivity index (χ3n) is 0.354. The Bertz CT molecular complexity index is 99.5. The van der Waals surface area contributed by atoms with E-state index >= 15 is 0 Å². The highest BCUT2D eigenvalue weighted by Gasteiger charge is 1.86. The molecular formula is C4H5FO3. The molecule has 0 aliphatic heterocycles. The highest BCUT2D eigenvalue weighted by Crippen LogP contribution is 1.78. The van der Waals surface area contributed by atoms with Crippen molar-refractivity contribution in [3.8, 4) is 0 Å². The van der Waals surface area contributed by atoms with Crippen molar-refractivity contribution in [2.45, 2.75) is 0 Å². The van der Waals surface area contributed by atoms with Crippen LogP contribution in [0, 0.1) is 0 Å². The number of allylic oxidation sites excluding steroid dienone is 1. The van der Waals surface area contributed by atoms with Crippen LogP contribution in [0.15, 0.2) is 12.3 Å². The van der Waals surface area contributed by atoms with Crippen LogP contribution in [0.3, 0.4) is 0 Å². The molecule has 0 aliphatic rings. The monoisotopic (exact) mass is 120 g/mol. The van der Waals surface area contributed by atoms with E-state index in [0.29, 0.717) is 0 Å². The standard InChI is InChI=1S/C4H5FO3/c5-2-1-3-8-4(6)7/h1,3H,2H2,(H,6,7). The molecule has 0 saturated heterocycles. The molecular weight excluding hydrogens is 115 g/mol. The van der Waals surface area contributed by atoms with E-state index in [4.69, 9.17) is 5.11 Å². The summed E-state index contributed by atoms with van der Waals surface area (Å²) in [6.07, 6.45) is 0.297. The Hall–Kier alpha value is -1.06. The number of rotatable bonds is 2. The molecule has 0 fully saturated rings. The van der Waals surface area contributed by atoms with E-state index < -0.39 is 12.8 Å². The van der Waals surface area contributed by atoms with Crippen LogP contribution in [0.2, 0.25) is 0 Å². The van der Waals surface area contributed by atoms with Crippen molar-refractivity contribution in [2.24, 2.45) is 0 Å². The Morgan fingerprint density at radius 2 is 2.50 bits per heavy atom. The molecule has 0 heterocycles. The van der Waals surface area contributed by atoms with E-state index in [2.05, 4.69) is 4.74 Å². The molecule has 0 bridgehead atoms. The number of carboxylic acid groups (broad SMARTS) is 1. The van der Waals surface area contributed by atoms with Gasteiger partial charge in [-0.1, -0.05) is 0 Å². The summed E-state index contributed by atoms with van der Waals surface area (Å²) in [5.74, 6) is 0. The first kappa shape index (κ1) is 6.94. The summed E-state index contributed by atoms with van der Waals surface area (Å²) in [6.45, 7) is -0.715. The van der Waals surface area contributed by atoms with E-state index in [1.807, 2.05) is 0 Å². The maximum absolute atomic E-state index is 11.1. The Morgan fingerprint density at radius 1 is 1.88 bits per heavy atom. The van der Waals surface area contributed by atoms with E-state index in [1.165, 1.54) is 0 Å². The molecule has 46 valence electrons. The normalized spacial score (nSPS) is 9.62. The molecule has 3 nitrogen and oxygen atoms in total. The summed E-state index contributed by atoms with van der Waals surface area (Å²) in [4.78, 5) is 9.48. The fourth-order valence-electron chi connectivity index (χ4n) is 0.143. The average Bonchev–Trinajstić information content (AvgIpc) is 1.66. The second kappa shape index (κ2) is 4.11. The maximum atomic E-state index is 11.1. The molecule has 1 N–H and O–H groups in total. The lowest BCUT2D eigenvalue weighted by Gasteiger charge is -1.84. The summed E-state index contributed by atoms with van der Waals surface area (Å²) in [6, 6.07) is 0. The van der Waals surface area contributed by atoms with Crippen LogP contribution >= 0.6 is 0 Å². The fourth-order valence-corrected chi connectivity index (χ4v) is 0.143. The van der Waals surface area contributed by atoms with E-state index in [-0.39, 0.29) is 0 Å². The zero-order valence-electron chi connectivity index (χ0n) is 4.00. The summed E-state index contributed by atoms with van der Waals surface area (Å²) < 4.78 is 14.9. The maximum Gasteiger partial charge on any atom is 0.510 e. The molecule has 0 aromatic heterocycles. The first-order chi connectivity index (χ1) is 3.77. The first-order valence-electron chi connectivity index (χ1n) is 1.88. The van der Waals surface area contributed by atoms with Crippen LogP contribution in [-0.2, 0) is 4.74 Å². The van der Waals surface area contributed by atoms with Gasteiger partial charge in [-0.25, -0.2) is 9.18 Å². The minimum Gasteiger partial charge on any atom is -0.449 e. The minimum absolute atomic E-state index is 0.715. The number of ether oxygens (including phenoxy) is 1. The number of alkyl halides is 1. The van der Waals surface area contributed by atoms with E-state index in [1.54, 1.807) is 0 Å². The first-order valence-corrected chi connectivity index (χ1v) is 1.88. The van der Waals surface area contributed by atoms with Gasteiger partial charge in [0, 0.05) is 0 Å². The second-order valence-electron chi connectivity index (χ2n) is 0.910. The van der Waals surface area contributed by atoms with Crippen molar-refractivity contribution >= 4 is 6.16 Å². The van der Waals surface area contributed by atoms with Crippen LogP contribution in [0.25, 0.3) is 0 Å². The second-order valence-corrected chi connectivity index (χ2v) is 0.910. The predicted octanol–water partition coefficient (Wildman–Crippen LogP) is 1.16.